The molecule has 1 fully saturated rings. The molecule has 0 saturated carbocycles. The Balaban J connectivity index is 1.79. The number of nitrogens with zero attached hydrogens (tertiary/aromatic N) is 1. The molecule has 0 aliphatic carbocycles. The van der Waals surface area contributed by atoms with Crippen molar-refractivity contribution in [2.75, 3.05) is 18.1 Å². The van der Waals surface area contributed by atoms with Crippen LogP contribution in [-0.2, 0) is 21.2 Å². The third-order valence-corrected chi connectivity index (χ3v) is 7.34. The highest BCUT2D eigenvalue weighted by Gasteiger charge is 2.35. The summed E-state index contributed by atoms with van der Waals surface area (Å²) in [5.74, 6) is 0.820. The Kier molecular flexibility index (Phi) is 7.09. The van der Waals surface area contributed by atoms with Crippen molar-refractivity contribution in [3.8, 4) is 5.75 Å². The number of rotatable bonds is 7. The fourth-order valence-corrected chi connectivity index (χ4v) is 5.68. The van der Waals surface area contributed by atoms with Gasteiger partial charge in [0.1, 0.15) is 5.75 Å². The first kappa shape index (κ1) is 22.6. The van der Waals surface area contributed by atoms with Crippen LogP contribution in [0.5, 0.6) is 5.75 Å². The van der Waals surface area contributed by atoms with Crippen molar-refractivity contribution < 1.29 is 17.9 Å². The lowest BCUT2D eigenvalue weighted by molar-refractivity contribution is -0.136. The summed E-state index contributed by atoms with van der Waals surface area (Å²) in [5, 5.41) is 0.580. The Bertz CT molecular complexity index is 1020. The molecule has 0 spiro atoms. The minimum absolute atomic E-state index is 0.0129. The number of ether oxygens (including phenoxy) is 1. The van der Waals surface area contributed by atoms with E-state index in [1.165, 1.54) is 0 Å². The molecule has 0 radical (unpaired) electrons. The molecule has 2 aromatic carbocycles. The van der Waals surface area contributed by atoms with E-state index in [1.54, 1.807) is 17.0 Å². The molecule has 1 atom stereocenters. The molecule has 1 unspecified atom stereocenters. The molecule has 0 aromatic heterocycles. The Morgan fingerprint density at radius 3 is 2.63 bits per heavy atom. The summed E-state index contributed by atoms with van der Waals surface area (Å²) < 4.78 is 30.0. The number of carbonyl (C=O) groups excluding carboxylic acids is 1. The number of halogens is 1. The van der Waals surface area contributed by atoms with Crippen molar-refractivity contribution in [3.05, 3.63) is 64.2 Å². The summed E-state index contributed by atoms with van der Waals surface area (Å²) in [6, 6.07) is 12.9. The van der Waals surface area contributed by atoms with Gasteiger partial charge in [-0.25, -0.2) is 8.42 Å². The Morgan fingerprint density at radius 1 is 1.23 bits per heavy atom. The number of carbonyl (C=O) groups is 1. The zero-order chi connectivity index (χ0) is 21.9. The van der Waals surface area contributed by atoms with Gasteiger partial charge in [-0.2, -0.15) is 0 Å². The molecule has 2 aromatic rings. The molecule has 1 heterocycles. The first-order valence-electron chi connectivity index (χ1n) is 10.1. The summed E-state index contributed by atoms with van der Waals surface area (Å²) in [7, 11) is -3.13. The van der Waals surface area contributed by atoms with Gasteiger partial charge in [-0.1, -0.05) is 49.7 Å². The van der Waals surface area contributed by atoms with Crippen LogP contribution in [0.2, 0.25) is 5.02 Å². The second-order valence-electron chi connectivity index (χ2n) is 8.19. The summed E-state index contributed by atoms with van der Waals surface area (Å²) in [4.78, 5) is 14.8. The highest BCUT2D eigenvalue weighted by atomic mass is 35.5. The van der Waals surface area contributed by atoms with Crippen LogP contribution in [0.15, 0.2) is 42.5 Å². The second kappa shape index (κ2) is 9.40. The number of aryl methyl sites for hydroxylation is 1. The van der Waals surface area contributed by atoms with Gasteiger partial charge in [-0.15, -0.1) is 0 Å². The quantitative estimate of drug-likeness (QED) is 0.629. The standard InChI is InChI=1S/C23H28ClNO4S/c1-16(2)21-8-7-17(3)11-22(21)29-14-23(26)25(20-9-10-30(27,28)15-20)13-18-5-4-6-19(24)12-18/h4-8,11-12,16,20H,9-10,13-15H2,1-3H3. The van der Waals surface area contributed by atoms with Crippen LogP contribution in [-0.4, -0.2) is 43.4 Å². The molecular weight excluding hydrogens is 422 g/mol. The van der Waals surface area contributed by atoms with Crippen LogP contribution >= 0.6 is 11.6 Å². The van der Waals surface area contributed by atoms with Gasteiger partial charge >= 0.3 is 0 Å². The fraction of sp³-hybridized carbons (Fsp3) is 0.435. The van der Waals surface area contributed by atoms with Gasteiger partial charge in [0.15, 0.2) is 16.4 Å². The average molecular weight is 450 g/mol. The molecule has 162 valence electrons. The number of hydrogen-bond acceptors (Lipinski definition) is 4. The molecule has 0 N–H and O–H groups in total. The van der Waals surface area contributed by atoms with Gasteiger partial charge in [0.25, 0.3) is 5.91 Å². The van der Waals surface area contributed by atoms with Crippen LogP contribution < -0.4 is 4.74 Å². The normalized spacial score (nSPS) is 17.8. The second-order valence-corrected chi connectivity index (χ2v) is 10.9. The van der Waals surface area contributed by atoms with Gasteiger partial charge in [0.2, 0.25) is 0 Å². The highest BCUT2D eigenvalue weighted by molar-refractivity contribution is 7.91. The van der Waals surface area contributed by atoms with Gasteiger partial charge in [-0.3, -0.25) is 4.79 Å². The van der Waals surface area contributed by atoms with E-state index in [0.29, 0.717) is 23.7 Å². The molecule has 30 heavy (non-hydrogen) atoms. The Labute approximate surface area is 183 Å². The molecule has 3 rings (SSSR count). The molecule has 7 heteroatoms. The Morgan fingerprint density at radius 2 is 2.00 bits per heavy atom. The highest BCUT2D eigenvalue weighted by Crippen LogP contribution is 2.28. The van der Waals surface area contributed by atoms with Crippen LogP contribution in [0, 0.1) is 6.92 Å². The summed E-state index contributed by atoms with van der Waals surface area (Å²) >= 11 is 6.09. The summed E-state index contributed by atoms with van der Waals surface area (Å²) in [6.07, 6.45) is 0.441. The van der Waals surface area contributed by atoms with E-state index in [1.807, 2.05) is 37.3 Å². The van der Waals surface area contributed by atoms with Gasteiger partial charge < -0.3 is 9.64 Å². The fourth-order valence-electron chi connectivity index (χ4n) is 3.74. The number of hydrogen-bond donors (Lipinski definition) is 0. The molecule has 1 saturated heterocycles. The lowest BCUT2D eigenvalue weighted by atomic mass is 10.0. The number of amides is 1. The van der Waals surface area contributed by atoms with Crippen molar-refractivity contribution in [2.24, 2.45) is 0 Å². The first-order chi connectivity index (χ1) is 14.1. The smallest absolute Gasteiger partial charge is 0.261 e. The zero-order valence-electron chi connectivity index (χ0n) is 17.6. The first-order valence-corrected chi connectivity index (χ1v) is 12.3. The van der Waals surface area contributed by atoms with Crippen LogP contribution in [0.3, 0.4) is 0 Å². The van der Waals surface area contributed by atoms with Gasteiger partial charge in [0.05, 0.1) is 11.5 Å². The predicted octanol–water partition coefficient (Wildman–Crippen LogP) is 4.37. The van der Waals surface area contributed by atoms with E-state index in [0.717, 1.165) is 16.7 Å². The molecular formula is C23H28ClNO4S. The minimum atomic E-state index is -3.13. The van der Waals surface area contributed by atoms with Crippen molar-refractivity contribution in [1.82, 2.24) is 4.90 Å². The topological polar surface area (TPSA) is 63.7 Å². The van der Waals surface area contributed by atoms with Gasteiger partial charge in [-0.05, 0) is 54.2 Å². The van der Waals surface area contributed by atoms with Crippen LogP contribution in [0.1, 0.15) is 42.9 Å². The van der Waals surface area contributed by atoms with Crippen molar-refractivity contribution >= 4 is 27.3 Å². The van der Waals surface area contributed by atoms with E-state index in [-0.39, 0.29) is 36.0 Å². The number of benzene rings is 2. The minimum Gasteiger partial charge on any atom is -0.483 e. The van der Waals surface area contributed by atoms with E-state index in [2.05, 4.69) is 13.8 Å². The third kappa shape index (κ3) is 5.76. The molecule has 5 nitrogen and oxygen atoms in total. The zero-order valence-corrected chi connectivity index (χ0v) is 19.2. The van der Waals surface area contributed by atoms with E-state index >= 15 is 0 Å². The molecule has 1 aliphatic rings. The molecule has 1 aliphatic heterocycles. The van der Waals surface area contributed by atoms with Crippen LogP contribution in [0.25, 0.3) is 0 Å². The van der Waals surface area contributed by atoms with Gasteiger partial charge in [0, 0.05) is 17.6 Å². The van der Waals surface area contributed by atoms with Crippen LogP contribution in [0.4, 0.5) is 0 Å². The SMILES string of the molecule is Cc1ccc(C(C)C)c(OCC(=O)N(Cc2cccc(Cl)c2)C2CCS(=O)(=O)C2)c1. The lowest BCUT2D eigenvalue weighted by Crippen LogP contribution is -2.43. The summed E-state index contributed by atoms with van der Waals surface area (Å²) in [6.45, 7) is 6.30. The largest absolute Gasteiger partial charge is 0.483 e. The maximum Gasteiger partial charge on any atom is 0.261 e. The van der Waals surface area contributed by atoms with Crippen molar-refractivity contribution in [3.63, 3.8) is 0 Å². The van der Waals surface area contributed by atoms with Crippen molar-refractivity contribution in [2.45, 2.75) is 45.7 Å². The van der Waals surface area contributed by atoms with E-state index in [4.69, 9.17) is 16.3 Å². The van der Waals surface area contributed by atoms with E-state index in [9.17, 15) is 13.2 Å². The number of sulfone groups is 1. The van der Waals surface area contributed by atoms with E-state index < -0.39 is 9.84 Å². The Hall–Kier alpha value is -2.05. The molecule has 1 amide bonds. The maximum atomic E-state index is 13.1. The summed E-state index contributed by atoms with van der Waals surface area (Å²) in [5.41, 5.74) is 2.95. The average Bonchev–Trinajstić information content (AvgIpc) is 3.03. The van der Waals surface area contributed by atoms with Crippen molar-refractivity contribution in [1.29, 1.82) is 0 Å². The third-order valence-electron chi connectivity index (χ3n) is 5.35. The monoisotopic (exact) mass is 449 g/mol. The maximum absolute atomic E-state index is 13.1. The lowest BCUT2D eigenvalue weighted by Gasteiger charge is -2.29. The predicted molar refractivity (Wildman–Crippen MR) is 120 cm³/mol. The molecule has 0 bridgehead atoms.